The van der Waals surface area contributed by atoms with Gasteiger partial charge in [-0.1, -0.05) is 24.3 Å². The van der Waals surface area contributed by atoms with Crippen molar-refractivity contribution in [3.8, 4) is 11.5 Å². The van der Waals surface area contributed by atoms with Gasteiger partial charge in [-0.15, -0.1) is 0 Å². The molecule has 0 unspecified atom stereocenters. The van der Waals surface area contributed by atoms with Crippen LogP contribution in [0.25, 0.3) is 5.57 Å². The summed E-state index contributed by atoms with van der Waals surface area (Å²) < 4.78 is 25.7. The molecule has 2 aliphatic rings. The molecule has 3 aromatic rings. The Hall–Kier alpha value is -3.68. The number of anilines is 1. The van der Waals surface area contributed by atoms with Crippen LogP contribution in [0.2, 0.25) is 0 Å². The van der Waals surface area contributed by atoms with Crippen molar-refractivity contribution in [1.82, 2.24) is 14.5 Å². The summed E-state index contributed by atoms with van der Waals surface area (Å²) in [4.78, 5) is 23.1. The molecule has 5 rings (SSSR count). The number of benzene rings is 2. The van der Waals surface area contributed by atoms with Crippen LogP contribution in [0, 0.1) is 5.82 Å². The number of hydrogen-bond donors (Lipinski definition) is 0. The summed E-state index contributed by atoms with van der Waals surface area (Å²) in [6.07, 6.45) is 4.37. The molecule has 1 aromatic heterocycles. The topological polar surface area (TPSA) is 69.5 Å². The largest absolute Gasteiger partial charge is 0.486 e. The van der Waals surface area contributed by atoms with Gasteiger partial charge >= 0.3 is 5.69 Å². The number of hydrogen-bond acceptors (Lipinski definition) is 6. The maximum absolute atomic E-state index is 13.1. The second kappa shape index (κ2) is 8.22. The fourth-order valence-corrected chi connectivity index (χ4v) is 3.77. The summed E-state index contributed by atoms with van der Waals surface area (Å²) in [5.74, 6) is 1.57. The molecule has 0 spiro atoms. The molecule has 0 amide bonds. The Morgan fingerprint density at radius 3 is 2.58 bits per heavy atom. The number of fused-ring (bicyclic) bond motifs is 1. The minimum Gasteiger partial charge on any atom is -0.486 e. The van der Waals surface area contributed by atoms with Crippen LogP contribution in [0.4, 0.5) is 10.3 Å². The molecule has 31 heavy (non-hydrogen) atoms. The Morgan fingerprint density at radius 1 is 1.03 bits per heavy atom. The Bertz CT molecular complexity index is 1190. The molecule has 0 atom stereocenters. The molecule has 0 saturated heterocycles. The first-order chi connectivity index (χ1) is 15.2. The first-order valence-corrected chi connectivity index (χ1v) is 10.2. The third-order valence-electron chi connectivity index (χ3n) is 5.42. The van der Waals surface area contributed by atoms with Gasteiger partial charge in [0, 0.05) is 13.1 Å². The van der Waals surface area contributed by atoms with E-state index in [0.29, 0.717) is 50.3 Å². The van der Waals surface area contributed by atoms with Gasteiger partial charge in [-0.05, 0) is 47.4 Å². The second-order valence-electron chi connectivity index (χ2n) is 7.48. The lowest BCUT2D eigenvalue weighted by Crippen LogP contribution is -2.34. The van der Waals surface area contributed by atoms with Crippen molar-refractivity contribution in [3.05, 3.63) is 82.3 Å². The van der Waals surface area contributed by atoms with Crippen molar-refractivity contribution >= 4 is 11.5 Å². The van der Waals surface area contributed by atoms with E-state index in [0.717, 1.165) is 23.1 Å². The van der Waals surface area contributed by atoms with E-state index in [1.807, 2.05) is 23.1 Å². The van der Waals surface area contributed by atoms with E-state index in [4.69, 9.17) is 9.47 Å². The van der Waals surface area contributed by atoms with Crippen molar-refractivity contribution in [2.75, 3.05) is 31.2 Å². The van der Waals surface area contributed by atoms with Gasteiger partial charge in [0.2, 0.25) is 5.95 Å². The van der Waals surface area contributed by atoms with Crippen molar-refractivity contribution in [2.45, 2.75) is 13.0 Å². The lowest BCUT2D eigenvalue weighted by Gasteiger charge is -2.26. The standard InChI is InChI=1S/C23H21FN4O3/c24-19-4-2-17(3-5-19)18-7-9-27(10-8-18)22-25-15-28(23(29)26-22)14-16-1-6-20-21(13-16)31-12-11-30-20/h1-7,13,15H,8-12,14H2. The zero-order chi connectivity index (χ0) is 21.2. The zero-order valence-electron chi connectivity index (χ0n) is 16.8. The number of halogens is 1. The highest BCUT2D eigenvalue weighted by atomic mass is 19.1. The molecule has 0 aliphatic carbocycles. The van der Waals surface area contributed by atoms with E-state index in [9.17, 15) is 9.18 Å². The summed E-state index contributed by atoms with van der Waals surface area (Å²) in [5.41, 5.74) is 2.72. The van der Waals surface area contributed by atoms with Crippen LogP contribution in [-0.4, -0.2) is 40.8 Å². The van der Waals surface area contributed by atoms with E-state index in [-0.39, 0.29) is 11.5 Å². The third-order valence-corrected chi connectivity index (χ3v) is 5.42. The van der Waals surface area contributed by atoms with Crippen molar-refractivity contribution in [2.24, 2.45) is 0 Å². The maximum Gasteiger partial charge on any atom is 0.352 e. The van der Waals surface area contributed by atoms with E-state index < -0.39 is 0 Å². The lowest BCUT2D eigenvalue weighted by molar-refractivity contribution is 0.171. The number of aromatic nitrogens is 3. The van der Waals surface area contributed by atoms with E-state index >= 15 is 0 Å². The SMILES string of the molecule is O=c1nc(N2CC=C(c3ccc(F)cc3)CC2)ncn1Cc1ccc2c(c1)OCCO2. The van der Waals surface area contributed by atoms with Crippen LogP contribution in [0.3, 0.4) is 0 Å². The fraction of sp³-hybridized carbons (Fsp3) is 0.261. The maximum atomic E-state index is 13.1. The Balaban J connectivity index is 1.29. The van der Waals surface area contributed by atoms with E-state index in [2.05, 4.69) is 16.0 Å². The molecule has 0 bridgehead atoms. The average Bonchev–Trinajstić information content (AvgIpc) is 2.81. The molecule has 3 heterocycles. The molecule has 0 N–H and O–H groups in total. The van der Waals surface area contributed by atoms with E-state index in [1.165, 1.54) is 23.0 Å². The van der Waals surface area contributed by atoms with Gasteiger partial charge in [-0.25, -0.2) is 14.2 Å². The molecule has 0 radical (unpaired) electrons. The van der Waals surface area contributed by atoms with Crippen LogP contribution in [-0.2, 0) is 6.54 Å². The summed E-state index contributed by atoms with van der Waals surface area (Å²) in [5, 5.41) is 0. The van der Waals surface area contributed by atoms with Crippen LogP contribution in [0.1, 0.15) is 17.5 Å². The van der Waals surface area contributed by atoms with E-state index in [1.54, 1.807) is 12.1 Å². The molecule has 2 aromatic carbocycles. The van der Waals surface area contributed by atoms with Gasteiger partial charge in [0.05, 0.1) is 6.54 Å². The first kappa shape index (κ1) is 19.3. The number of rotatable bonds is 4. The fourth-order valence-electron chi connectivity index (χ4n) is 3.77. The monoisotopic (exact) mass is 420 g/mol. The van der Waals surface area contributed by atoms with Crippen molar-refractivity contribution in [3.63, 3.8) is 0 Å². The van der Waals surface area contributed by atoms with Gasteiger partial charge in [0.25, 0.3) is 0 Å². The van der Waals surface area contributed by atoms with Gasteiger partial charge < -0.3 is 14.4 Å². The lowest BCUT2D eigenvalue weighted by atomic mass is 10.00. The third kappa shape index (κ3) is 4.14. The normalized spacial score (nSPS) is 15.5. The first-order valence-electron chi connectivity index (χ1n) is 10.2. The molecular weight excluding hydrogens is 399 g/mol. The summed E-state index contributed by atoms with van der Waals surface area (Å²) >= 11 is 0. The predicted molar refractivity (Wildman–Crippen MR) is 114 cm³/mol. The van der Waals surface area contributed by atoms with Crippen LogP contribution in [0.15, 0.2) is 59.7 Å². The molecule has 7 nitrogen and oxygen atoms in total. The summed E-state index contributed by atoms with van der Waals surface area (Å²) in [6, 6.07) is 12.1. The van der Waals surface area contributed by atoms with Crippen LogP contribution >= 0.6 is 0 Å². The van der Waals surface area contributed by atoms with Gasteiger partial charge in [-0.2, -0.15) is 4.98 Å². The second-order valence-corrected chi connectivity index (χ2v) is 7.48. The molecular formula is C23H21FN4O3. The molecule has 0 saturated carbocycles. The van der Waals surface area contributed by atoms with Crippen LogP contribution in [0.5, 0.6) is 11.5 Å². The minimum atomic E-state index is -0.354. The Labute approximate surface area is 178 Å². The summed E-state index contributed by atoms with van der Waals surface area (Å²) in [6.45, 7) is 2.69. The number of ether oxygens (including phenoxy) is 2. The minimum absolute atomic E-state index is 0.244. The number of nitrogens with zero attached hydrogens (tertiary/aromatic N) is 4. The Morgan fingerprint density at radius 2 is 1.84 bits per heavy atom. The van der Waals surface area contributed by atoms with Crippen LogP contribution < -0.4 is 20.1 Å². The highest BCUT2D eigenvalue weighted by Crippen LogP contribution is 2.31. The van der Waals surface area contributed by atoms with Gasteiger partial charge in [0.15, 0.2) is 11.5 Å². The molecule has 158 valence electrons. The zero-order valence-corrected chi connectivity index (χ0v) is 16.8. The predicted octanol–water partition coefficient (Wildman–Crippen LogP) is 2.89. The smallest absolute Gasteiger partial charge is 0.352 e. The molecule has 8 heteroatoms. The van der Waals surface area contributed by atoms with Crippen molar-refractivity contribution in [1.29, 1.82) is 0 Å². The average molecular weight is 420 g/mol. The van der Waals surface area contributed by atoms with Gasteiger partial charge in [0.1, 0.15) is 25.4 Å². The van der Waals surface area contributed by atoms with Crippen molar-refractivity contribution < 1.29 is 13.9 Å². The Kier molecular flexibility index (Phi) is 5.11. The highest BCUT2D eigenvalue weighted by molar-refractivity contribution is 5.68. The van der Waals surface area contributed by atoms with Gasteiger partial charge in [-0.3, -0.25) is 4.57 Å². The summed E-state index contributed by atoms with van der Waals surface area (Å²) in [7, 11) is 0. The molecule has 0 fully saturated rings. The highest BCUT2D eigenvalue weighted by Gasteiger charge is 2.17. The quantitative estimate of drug-likeness (QED) is 0.647. The molecule has 2 aliphatic heterocycles.